The van der Waals surface area contributed by atoms with Crippen LogP contribution in [0.5, 0.6) is 0 Å². The lowest BCUT2D eigenvalue weighted by molar-refractivity contribution is -0.151. The van der Waals surface area contributed by atoms with E-state index in [1.165, 1.54) is 19.9 Å². The van der Waals surface area contributed by atoms with Gasteiger partial charge in [-0.15, -0.1) is 0 Å². The van der Waals surface area contributed by atoms with Gasteiger partial charge in [-0.1, -0.05) is 37.3 Å². The van der Waals surface area contributed by atoms with Crippen LogP contribution in [0.25, 0.3) is 6.08 Å². The molecule has 0 fully saturated rings. The number of carbonyl (C=O) groups is 3. The van der Waals surface area contributed by atoms with Gasteiger partial charge >= 0.3 is 5.97 Å². The van der Waals surface area contributed by atoms with E-state index in [-0.39, 0.29) is 11.6 Å². The van der Waals surface area contributed by atoms with Crippen LogP contribution in [0, 0.1) is 0 Å². The van der Waals surface area contributed by atoms with Crippen LogP contribution in [-0.4, -0.2) is 30.4 Å². The number of nitrogens with one attached hydrogen (secondary N) is 2. The lowest BCUT2D eigenvalue weighted by Gasteiger charge is -2.15. The van der Waals surface area contributed by atoms with Gasteiger partial charge in [0, 0.05) is 13.5 Å². The summed E-state index contributed by atoms with van der Waals surface area (Å²) in [6.07, 6.45) is 1.35. The van der Waals surface area contributed by atoms with Crippen LogP contribution in [0.2, 0.25) is 0 Å². The second kappa shape index (κ2) is 9.40. The van der Waals surface area contributed by atoms with Gasteiger partial charge in [0.05, 0.1) is 0 Å². The number of ether oxygens (including phenoxy) is 1. The predicted molar refractivity (Wildman–Crippen MR) is 87.1 cm³/mol. The molecule has 0 bridgehead atoms. The average molecular weight is 318 g/mol. The van der Waals surface area contributed by atoms with Crippen LogP contribution >= 0.6 is 0 Å². The molecule has 124 valence electrons. The number of hydrogen-bond acceptors (Lipinski definition) is 4. The molecule has 0 saturated heterocycles. The first kappa shape index (κ1) is 18.4. The first-order valence-corrected chi connectivity index (χ1v) is 7.47. The minimum absolute atomic E-state index is 0.0150. The first-order chi connectivity index (χ1) is 10.9. The van der Waals surface area contributed by atoms with Gasteiger partial charge in [0.1, 0.15) is 5.70 Å². The summed E-state index contributed by atoms with van der Waals surface area (Å²) in [5.41, 5.74) is 0.718. The van der Waals surface area contributed by atoms with E-state index in [9.17, 15) is 14.4 Å². The Bertz CT molecular complexity index is 582. The molecule has 1 rings (SSSR count). The molecule has 0 aliphatic rings. The Morgan fingerprint density at radius 2 is 1.87 bits per heavy atom. The molecule has 6 heteroatoms. The number of amides is 2. The second-order valence-corrected chi connectivity index (χ2v) is 4.99. The van der Waals surface area contributed by atoms with Crippen LogP contribution in [0.15, 0.2) is 36.0 Å². The molecule has 1 aromatic rings. The highest BCUT2D eigenvalue weighted by Gasteiger charge is 2.20. The van der Waals surface area contributed by atoms with E-state index in [0.717, 1.165) is 12.0 Å². The van der Waals surface area contributed by atoms with Crippen molar-refractivity contribution >= 4 is 23.9 Å². The van der Waals surface area contributed by atoms with Gasteiger partial charge in [-0.25, -0.2) is 4.79 Å². The number of hydrogen-bond donors (Lipinski definition) is 2. The molecule has 0 heterocycles. The molecule has 2 N–H and O–H groups in total. The zero-order valence-electron chi connectivity index (χ0n) is 13.6. The monoisotopic (exact) mass is 318 g/mol. The lowest BCUT2D eigenvalue weighted by Crippen LogP contribution is -2.38. The number of esters is 1. The summed E-state index contributed by atoms with van der Waals surface area (Å²) in [5.74, 6) is -1.53. The minimum atomic E-state index is -0.943. The molecule has 1 atom stereocenters. The molecular formula is C17H22N2O4. The van der Waals surface area contributed by atoms with Crippen LogP contribution in [-0.2, 0) is 19.1 Å². The maximum atomic E-state index is 12.2. The Balaban J connectivity index is 2.82. The fraction of sp³-hybridized carbons (Fsp3) is 0.353. The Kier molecular flexibility index (Phi) is 7.53. The van der Waals surface area contributed by atoms with Crippen LogP contribution < -0.4 is 10.6 Å². The molecule has 0 aliphatic carbocycles. The smallest absolute Gasteiger partial charge is 0.355 e. The minimum Gasteiger partial charge on any atom is -0.448 e. The quantitative estimate of drug-likeness (QED) is 0.591. The lowest BCUT2D eigenvalue weighted by atomic mass is 10.2. The summed E-state index contributed by atoms with van der Waals surface area (Å²) in [7, 11) is 0. The van der Waals surface area contributed by atoms with E-state index in [1.54, 1.807) is 12.1 Å². The zero-order valence-corrected chi connectivity index (χ0v) is 13.6. The third-order valence-corrected chi connectivity index (χ3v) is 2.84. The number of carbonyl (C=O) groups excluding carboxylic acids is 3. The van der Waals surface area contributed by atoms with Crippen LogP contribution in [0.4, 0.5) is 0 Å². The van der Waals surface area contributed by atoms with Crippen molar-refractivity contribution in [3.63, 3.8) is 0 Å². The molecular weight excluding hydrogens is 296 g/mol. The van der Waals surface area contributed by atoms with Crippen molar-refractivity contribution in [1.82, 2.24) is 10.6 Å². The van der Waals surface area contributed by atoms with Crippen molar-refractivity contribution in [3.05, 3.63) is 41.6 Å². The average Bonchev–Trinajstić information content (AvgIpc) is 2.52. The van der Waals surface area contributed by atoms with Crippen molar-refractivity contribution in [3.8, 4) is 0 Å². The molecule has 0 unspecified atom stereocenters. The van der Waals surface area contributed by atoms with E-state index >= 15 is 0 Å². The van der Waals surface area contributed by atoms with E-state index in [1.807, 2.05) is 25.1 Å². The first-order valence-electron chi connectivity index (χ1n) is 7.47. The van der Waals surface area contributed by atoms with Crippen LogP contribution in [0.1, 0.15) is 32.8 Å². The van der Waals surface area contributed by atoms with Gasteiger partial charge in [0.2, 0.25) is 5.91 Å². The second-order valence-electron chi connectivity index (χ2n) is 4.99. The van der Waals surface area contributed by atoms with Gasteiger partial charge in [0.25, 0.3) is 5.91 Å². The fourth-order valence-electron chi connectivity index (χ4n) is 1.72. The Morgan fingerprint density at radius 3 is 2.43 bits per heavy atom. The summed E-state index contributed by atoms with van der Waals surface area (Å²) < 4.78 is 5.11. The molecule has 0 aliphatic heterocycles. The molecule has 23 heavy (non-hydrogen) atoms. The van der Waals surface area contributed by atoms with E-state index in [0.29, 0.717) is 6.54 Å². The summed E-state index contributed by atoms with van der Waals surface area (Å²) in [6, 6.07) is 9.03. The van der Waals surface area contributed by atoms with Gasteiger partial charge < -0.3 is 15.4 Å². The summed E-state index contributed by atoms with van der Waals surface area (Å²) in [4.78, 5) is 35.2. The van der Waals surface area contributed by atoms with Gasteiger partial charge in [-0.3, -0.25) is 9.59 Å². The van der Waals surface area contributed by atoms with Crippen molar-refractivity contribution in [2.75, 3.05) is 6.54 Å². The number of benzene rings is 1. The number of rotatable bonds is 7. The maximum absolute atomic E-state index is 12.2. The molecule has 0 saturated carbocycles. The van der Waals surface area contributed by atoms with E-state index in [2.05, 4.69) is 10.6 Å². The summed E-state index contributed by atoms with van der Waals surface area (Å²) >= 11 is 0. The molecule has 0 spiro atoms. The third kappa shape index (κ3) is 6.78. The predicted octanol–water partition coefficient (Wildman–Crippen LogP) is 1.62. The Labute approximate surface area is 135 Å². The molecule has 0 radical (unpaired) electrons. The SMILES string of the molecule is CCCNC(=O)[C@@H](C)OC(=O)/C(=C/c1ccccc1)NC(C)=O. The van der Waals surface area contributed by atoms with Crippen molar-refractivity contribution in [2.24, 2.45) is 0 Å². The molecule has 6 nitrogen and oxygen atoms in total. The Hall–Kier alpha value is -2.63. The van der Waals surface area contributed by atoms with Crippen LogP contribution in [0.3, 0.4) is 0 Å². The largest absolute Gasteiger partial charge is 0.448 e. The van der Waals surface area contributed by atoms with Gasteiger partial charge in [-0.2, -0.15) is 0 Å². The van der Waals surface area contributed by atoms with Gasteiger partial charge in [-0.05, 0) is 25.0 Å². The molecule has 0 aromatic heterocycles. The molecule has 1 aromatic carbocycles. The fourth-order valence-corrected chi connectivity index (χ4v) is 1.72. The van der Waals surface area contributed by atoms with Crippen molar-refractivity contribution in [1.29, 1.82) is 0 Å². The standard InChI is InChI=1S/C17H22N2O4/c1-4-10-18-16(21)12(2)23-17(22)15(19-13(3)20)11-14-8-6-5-7-9-14/h5-9,11-12H,4,10H2,1-3H3,(H,18,21)(H,19,20)/b15-11-/t12-/m1/s1. The third-order valence-electron chi connectivity index (χ3n) is 2.84. The van der Waals surface area contributed by atoms with E-state index < -0.39 is 18.0 Å². The van der Waals surface area contributed by atoms with Crippen molar-refractivity contribution < 1.29 is 19.1 Å². The van der Waals surface area contributed by atoms with E-state index in [4.69, 9.17) is 4.74 Å². The Morgan fingerprint density at radius 1 is 1.22 bits per heavy atom. The topological polar surface area (TPSA) is 84.5 Å². The molecule has 2 amide bonds. The zero-order chi connectivity index (χ0) is 17.2. The summed E-state index contributed by atoms with van der Waals surface area (Å²) in [6.45, 7) is 5.22. The van der Waals surface area contributed by atoms with Crippen molar-refractivity contribution in [2.45, 2.75) is 33.3 Å². The maximum Gasteiger partial charge on any atom is 0.355 e. The highest BCUT2D eigenvalue weighted by molar-refractivity contribution is 5.98. The highest BCUT2D eigenvalue weighted by Crippen LogP contribution is 2.07. The summed E-state index contributed by atoms with van der Waals surface area (Å²) in [5, 5.41) is 5.08. The van der Waals surface area contributed by atoms with Gasteiger partial charge in [0.15, 0.2) is 6.10 Å². The normalized spacial score (nSPS) is 12.2. The highest BCUT2D eigenvalue weighted by atomic mass is 16.5.